The maximum absolute atomic E-state index is 12.0. The van der Waals surface area contributed by atoms with Gasteiger partial charge in [0, 0.05) is 10.8 Å². The molecule has 0 bridgehead atoms. The van der Waals surface area contributed by atoms with Gasteiger partial charge in [-0.25, -0.2) is 0 Å². The van der Waals surface area contributed by atoms with Crippen LogP contribution in [0.4, 0.5) is 13.2 Å². The van der Waals surface area contributed by atoms with E-state index in [2.05, 4.69) is 4.74 Å². The summed E-state index contributed by atoms with van der Waals surface area (Å²) in [5.41, 5.74) is 0.413. The summed E-state index contributed by atoms with van der Waals surface area (Å²) in [5, 5.41) is 10.6. The fourth-order valence-corrected chi connectivity index (χ4v) is 1.75. The lowest BCUT2D eigenvalue weighted by molar-refractivity contribution is -0.484. The van der Waals surface area contributed by atoms with Crippen molar-refractivity contribution in [1.29, 1.82) is 0 Å². The first-order chi connectivity index (χ1) is 9.23. The normalized spacial score (nSPS) is 14.4. The van der Waals surface area contributed by atoms with E-state index in [1.165, 1.54) is 19.1 Å². The highest BCUT2D eigenvalue weighted by Crippen LogP contribution is 2.28. The lowest BCUT2D eigenvalue weighted by Gasteiger charge is -2.17. The van der Waals surface area contributed by atoms with Gasteiger partial charge in [-0.15, -0.1) is 13.2 Å². The van der Waals surface area contributed by atoms with E-state index >= 15 is 0 Å². The molecule has 0 saturated carbocycles. The predicted octanol–water partition coefficient (Wildman–Crippen LogP) is 2.78. The van der Waals surface area contributed by atoms with Gasteiger partial charge in [0.2, 0.25) is 6.54 Å². The molecule has 0 spiro atoms. The summed E-state index contributed by atoms with van der Waals surface area (Å²) >= 11 is 0. The smallest absolute Gasteiger partial charge is 0.406 e. The number of hydrogen-bond donors (Lipinski definition) is 0. The van der Waals surface area contributed by atoms with Crippen LogP contribution in [0.15, 0.2) is 24.3 Å². The summed E-state index contributed by atoms with van der Waals surface area (Å²) in [6.07, 6.45) is -4.22. The Kier molecular flexibility index (Phi) is 5.06. The number of aldehydes is 1. The fraction of sp³-hybridized carbons (Fsp3) is 0.417. The third-order valence-corrected chi connectivity index (χ3v) is 2.74. The molecule has 1 aromatic rings. The highest BCUT2D eigenvalue weighted by molar-refractivity contribution is 5.55. The molecule has 5 nitrogen and oxygen atoms in total. The molecule has 110 valence electrons. The van der Waals surface area contributed by atoms with Crippen LogP contribution in [0.25, 0.3) is 0 Å². The van der Waals surface area contributed by atoms with Crippen LogP contribution in [0.1, 0.15) is 18.4 Å². The van der Waals surface area contributed by atoms with Gasteiger partial charge in [0.15, 0.2) is 0 Å². The molecule has 0 fully saturated rings. The molecule has 0 amide bonds. The van der Waals surface area contributed by atoms with Crippen molar-refractivity contribution in [3.63, 3.8) is 0 Å². The number of ether oxygens (including phenoxy) is 1. The van der Waals surface area contributed by atoms with Crippen molar-refractivity contribution in [2.75, 3.05) is 6.54 Å². The van der Waals surface area contributed by atoms with Gasteiger partial charge in [-0.05, 0) is 17.7 Å². The molecule has 0 N–H and O–H groups in total. The summed E-state index contributed by atoms with van der Waals surface area (Å²) in [4.78, 5) is 20.8. The number of rotatable bonds is 6. The number of halogens is 3. The molecule has 0 heterocycles. The first kappa shape index (κ1) is 15.9. The van der Waals surface area contributed by atoms with Crippen LogP contribution in [0.5, 0.6) is 5.75 Å². The largest absolute Gasteiger partial charge is 0.573 e. The van der Waals surface area contributed by atoms with E-state index in [1.54, 1.807) is 0 Å². The Bertz CT molecular complexity index is 473. The van der Waals surface area contributed by atoms with Gasteiger partial charge < -0.3 is 9.53 Å². The Morgan fingerprint density at radius 1 is 1.35 bits per heavy atom. The van der Waals surface area contributed by atoms with Gasteiger partial charge in [-0.2, -0.15) is 0 Å². The Hall–Kier alpha value is -2.12. The molecular weight excluding hydrogens is 279 g/mol. The first-order valence-electron chi connectivity index (χ1n) is 5.65. The van der Waals surface area contributed by atoms with Crippen molar-refractivity contribution in [1.82, 2.24) is 0 Å². The van der Waals surface area contributed by atoms with E-state index in [9.17, 15) is 28.1 Å². The number of nitrogens with zero attached hydrogens (tertiary/aromatic N) is 1. The molecule has 0 saturated heterocycles. The van der Waals surface area contributed by atoms with E-state index in [0.29, 0.717) is 11.8 Å². The molecule has 0 aliphatic rings. The minimum atomic E-state index is -4.79. The van der Waals surface area contributed by atoms with Crippen LogP contribution in [-0.2, 0) is 4.79 Å². The number of carbonyl (C=O) groups is 1. The molecule has 0 unspecified atom stereocenters. The van der Waals surface area contributed by atoms with Gasteiger partial charge in [0.1, 0.15) is 12.0 Å². The summed E-state index contributed by atoms with van der Waals surface area (Å²) in [6, 6.07) is 4.70. The number of hydrogen-bond acceptors (Lipinski definition) is 4. The van der Waals surface area contributed by atoms with Crippen LogP contribution in [0.2, 0.25) is 0 Å². The van der Waals surface area contributed by atoms with Gasteiger partial charge >= 0.3 is 6.36 Å². The Morgan fingerprint density at radius 3 is 2.30 bits per heavy atom. The minimum absolute atomic E-state index is 0.413. The maximum atomic E-state index is 12.0. The van der Waals surface area contributed by atoms with Crippen molar-refractivity contribution in [3.05, 3.63) is 39.9 Å². The topological polar surface area (TPSA) is 69.4 Å². The van der Waals surface area contributed by atoms with Gasteiger partial charge in [-0.1, -0.05) is 19.1 Å². The third-order valence-electron chi connectivity index (χ3n) is 2.74. The highest BCUT2D eigenvalue weighted by Gasteiger charge is 2.31. The maximum Gasteiger partial charge on any atom is 0.573 e. The molecule has 1 aromatic carbocycles. The van der Waals surface area contributed by atoms with E-state index in [4.69, 9.17) is 0 Å². The van der Waals surface area contributed by atoms with Crippen molar-refractivity contribution in [2.24, 2.45) is 5.92 Å². The second-order valence-electron chi connectivity index (χ2n) is 4.23. The molecule has 0 aliphatic heterocycles. The van der Waals surface area contributed by atoms with E-state index < -0.39 is 35.4 Å². The quantitative estimate of drug-likeness (QED) is 0.459. The van der Waals surface area contributed by atoms with Gasteiger partial charge in [0.05, 0.1) is 5.92 Å². The second-order valence-corrected chi connectivity index (χ2v) is 4.23. The summed E-state index contributed by atoms with van der Waals surface area (Å²) in [7, 11) is 0. The second kappa shape index (κ2) is 6.36. The van der Waals surface area contributed by atoms with Crippen molar-refractivity contribution in [2.45, 2.75) is 19.2 Å². The number of nitro groups is 1. The molecule has 1 rings (SSSR count). The molecule has 20 heavy (non-hydrogen) atoms. The number of alkyl halides is 3. The van der Waals surface area contributed by atoms with Crippen LogP contribution in [0, 0.1) is 16.0 Å². The van der Waals surface area contributed by atoms with Crippen LogP contribution >= 0.6 is 0 Å². The zero-order valence-electron chi connectivity index (χ0n) is 10.5. The standard InChI is InChI=1S/C12H12F3NO4/c1-8(7-17)11(6-16(18)19)9-2-4-10(5-3-9)20-12(13,14)15/h2-5,7-8,11H,6H2,1H3/t8-,11-/m1/s1. The molecular formula is C12H12F3NO4. The van der Waals surface area contributed by atoms with Crippen LogP contribution < -0.4 is 4.74 Å². The molecule has 8 heteroatoms. The lowest BCUT2D eigenvalue weighted by Crippen LogP contribution is -2.20. The SMILES string of the molecule is C[C@H](C=O)[C@@H](C[N+](=O)[O-])c1ccc(OC(F)(F)F)cc1. The van der Waals surface area contributed by atoms with Gasteiger partial charge in [-0.3, -0.25) is 10.1 Å². The fourth-order valence-electron chi connectivity index (χ4n) is 1.75. The van der Waals surface area contributed by atoms with Crippen molar-refractivity contribution >= 4 is 6.29 Å². The zero-order valence-corrected chi connectivity index (χ0v) is 10.5. The molecule has 0 aromatic heterocycles. The summed E-state index contributed by atoms with van der Waals surface area (Å²) in [6.45, 7) is 1.04. The summed E-state index contributed by atoms with van der Waals surface area (Å²) in [5.74, 6) is -1.72. The lowest BCUT2D eigenvalue weighted by atomic mass is 9.88. The Balaban J connectivity index is 2.92. The van der Waals surface area contributed by atoms with Crippen molar-refractivity contribution < 1.29 is 27.6 Å². The first-order valence-corrected chi connectivity index (χ1v) is 5.65. The van der Waals surface area contributed by atoms with Crippen LogP contribution in [-0.4, -0.2) is 24.1 Å². The zero-order chi connectivity index (χ0) is 15.3. The average molecular weight is 291 g/mol. The van der Waals surface area contributed by atoms with E-state index in [-0.39, 0.29) is 0 Å². The minimum Gasteiger partial charge on any atom is -0.406 e. The highest BCUT2D eigenvalue weighted by atomic mass is 19.4. The van der Waals surface area contributed by atoms with E-state index in [0.717, 1.165) is 12.1 Å². The Labute approximate surface area is 112 Å². The molecule has 2 atom stereocenters. The third kappa shape index (κ3) is 4.87. The summed E-state index contributed by atoms with van der Waals surface area (Å²) < 4.78 is 39.7. The number of benzene rings is 1. The monoisotopic (exact) mass is 291 g/mol. The number of carbonyl (C=O) groups excluding carboxylic acids is 1. The Morgan fingerprint density at radius 2 is 1.90 bits per heavy atom. The average Bonchev–Trinajstić information content (AvgIpc) is 2.34. The van der Waals surface area contributed by atoms with Gasteiger partial charge in [0.25, 0.3) is 0 Å². The van der Waals surface area contributed by atoms with E-state index in [1.807, 2.05) is 0 Å². The molecule has 0 radical (unpaired) electrons. The molecule has 0 aliphatic carbocycles. The van der Waals surface area contributed by atoms with Crippen LogP contribution in [0.3, 0.4) is 0 Å². The predicted molar refractivity (Wildman–Crippen MR) is 63.0 cm³/mol. The van der Waals surface area contributed by atoms with Crippen molar-refractivity contribution in [3.8, 4) is 5.75 Å².